The molecule has 27 heavy (non-hydrogen) atoms. The third kappa shape index (κ3) is 6.61. The van der Waals surface area contributed by atoms with Crippen LogP contribution in [0.15, 0.2) is 48.5 Å². The Morgan fingerprint density at radius 1 is 1.07 bits per heavy atom. The molecule has 0 saturated heterocycles. The molecule has 1 atom stereocenters. The molecule has 0 fully saturated rings. The molecule has 0 aliphatic heterocycles. The molecule has 2 rings (SSSR count). The first-order valence-electron chi connectivity index (χ1n) is 9.00. The highest BCUT2D eigenvalue weighted by molar-refractivity contribution is 6.33. The summed E-state index contributed by atoms with van der Waals surface area (Å²) in [4.78, 5) is 24.2. The molecule has 0 spiro atoms. The van der Waals surface area contributed by atoms with Crippen molar-refractivity contribution in [1.82, 2.24) is 0 Å². The molecule has 0 unspecified atom stereocenters. The van der Waals surface area contributed by atoms with E-state index in [-0.39, 0.29) is 5.91 Å². The van der Waals surface area contributed by atoms with Crippen LogP contribution in [0.1, 0.15) is 43.5 Å². The van der Waals surface area contributed by atoms with Gasteiger partial charge >= 0.3 is 5.97 Å². The molecule has 0 heterocycles. The number of carbonyl (C=O) groups is 2. The van der Waals surface area contributed by atoms with Gasteiger partial charge in [-0.1, -0.05) is 43.5 Å². The summed E-state index contributed by atoms with van der Waals surface area (Å²) in [6, 6.07) is 13.6. The summed E-state index contributed by atoms with van der Waals surface area (Å²) in [5.41, 5.74) is 1.00. The van der Waals surface area contributed by atoms with Crippen LogP contribution in [-0.2, 0) is 9.53 Å². The van der Waals surface area contributed by atoms with E-state index in [9.17, 15) is 9.59 Å². The number of amides is 1. The summed E-state index contributed by atoms with van der Waals surface area (Å²) in [5.74, 6) is -0.188. The van der Waals surface area contributed by atoms with E-state index in [1.54, 1.807) is 55.5 Å². The van der Waals surface area contributed by atoms with Gasteiger partial charge in [-0.05, 0) is 49.7 Å². The Bertz CT molecular complexity index is 761. The molecule has 0 aromatic heterocycles. The van der Waals surface area contributed by atoms with Gasteiger partial charge in [0.2, 0.25) is 0 Å². The van der Waals surface area contributed by atoms with E-state index < -0.39 is 12.1 Å². The Morgan fingerprint density at radius 3 is 2.44 bits per heavy atom. The molecule has 1 amide bonds. The summed E-state index contributed by atoms with van der Waals surface area (Å²) in [6.07, 6.45) is 2.24. The van der Waals surface area contributed by atoms with Gasteiger partial charge in [-0.3, -0.25) is 4.79 Å². The number of hydrogen-bond donors (Lipinski definition) is 1. The zero-order valence-corrected chi connectivity index (χ0v) is 16.3. The van der Waals surface area contributed by atoms with Gasteiger partial charge in [0.1, 0.15) is 5.75 Å². The van der Waals surface area contributed by atoms with E-state index in [0.717, 1.165) is 19.3 Å². The van der Waals surface area contributed by atoms with E-state index in [2.05, 4.69) is 12.2 Å². The van der Waals surface area contributed by atoms with E-state index in [4.69, 9.17) is 21.1 Å². The first-order chi connectivity index (χ1) is 13.0. The highest BCUT2D eigenvalue weighted by Crippen LogP contribution is 2.22. The van der Waals surface area contributed by atoms with Gasteiger partial charge < -0.3 is 14.8 Å². The minimum Gasteiger partial charge on any atom is -0.479 e. The van der Waals surface area contributed by atoms with Crippen molar-refractivity contribution < 1.29 is 19.1 Å². The molecule has 0 radical (unpaired) electrons. The SMILES string of the molecule is CCCCCOC(=O)[C@@H](C)Oc1ccc(C(=O)Nc2ccccc2Cl)cc1. The van der Waals surface area contributed by atoms with E-state index in [1.165, 1.54) is 0 Å². The first-order valence-corrected chi connectivity index (χ1v) is 9.38. The molecular formula is C21H24ClNO4. The van der Waals surface area contributed by atoms with Gasteiger partial charge in [-0.25, -0.2) is 4.79 Å². The zero-order chi connectivity index (χ0) is 19.6. The molecule has 0 saturated carbocycles. The Hall–Kier alpha value is -2.53. The predicted molar refractivity (Wildman–Crippen MR) is 106 cm³/mol. The van der Waals surface area contributed by atoms with Crippen molar-refractivity contribution in [3.63, 3.8) is 0 Å². The number of benzene rings is 2. The van der Waals surface area contributed by atoms with Crippen LogP contribution in [0.3, 0.4) is 0 Å². The zero-order valence-electron chi connectivity index (χ0n) is 15.5. The largest absolute Gasteiger partial charge is 0.479 e. The predicted octanol–water partition coefficient (Wildman–Crippen LogP) is 5.09. The molecule has 6 heteroatoms. The van der Waals surface area contributed by atoms with Gasteiger partial charge in [0.05, 0.1) is 17.3 Å². The van der Waals surface area contributed by atoms with E-state index in [1.807, 2.05) is 0 Å². The lowest BCUT2D eigenvalue weighted by atomic mass is 10.2. The van der Waals surface area contributed by atoms with Crippen LogP contribution >= 0.6 is 11.6 Å². The number of hydrogen-bond acceptors (Lipinski definition) is 4. The van der Waals surface area contributed by atoms with Crippen molar-refractivity contribution in [3.05, 3.63) is 59.1 Å². The standard InChI is InChI=1S/C21H24ClNO4/c1-3-4-7-14-26-21(25)15(2)27-17-12-10-16(11-13-17)20(24)23-19-9-6-5-8-18(19)22/h5-6,8-13,15H,3-4,7,14H2,1-2H3,(H,23,24)/t15-/m1/s1. The summed E-state index contributed by atoms with van der Waals surface area (Å²) in [7, 11) is 0. The van der Waals surface area contributed by atoms with Gasteiger partial charge in [0, 0.05) is 5.56 Å². The average molecular weight is 390 g/mol. The smallest absolute Gasteiger partial charge is 0.347 e. The molecule has 0 aliphatic carbocycles. The number of halogens is 1. The number of unbranched alkanes of at least 4 members (excludes halogenated alkanes) is 2. The number of rotatable bonds is 9. The highest BCUT2D eigenvalue weighted by Gasteiger charge is 2.16. The molecule has 2 aromatic carbocycles. The number of para-hydroxylation sites is 1. The maximum absolute atomic E-state index is 12.3. The fourth-order valence-electron chi connectivity index (χ4n) is 2.34. The third-order valence-electron chi connectivity index (χ3n) is 3.88. The lowest BCUT2D eigenvalue weighted by molar-refractivity contribution is -0.151. The quantitative estimate of drug-likeness (QED) is 0.479. The Labute approximate surface area is 164 Å². The average Bonchev–Trinajstić information content (AvgIpc) is 2.67. The molecule has 2 aromatic rings. The number of carbonyl (C=O) groups excluding carboxylic acids is 2. The van der Waals surface area contributed by atoms with Crippen molar-refractivity contribution in [1.29, 1.82) is 0 Å². The van der Waals surface area contributed by atoms with Crippen LogP contribution in [0, 0.1) is 0 Å². The second-order valence-corrected chi connectivity index (χ2v) is 6.50. The normalized spacial score (nSPS) is 11.5. The summed E-state index contributed by atoms with van der Waals surface area (Å²) in [6.45, 7) is 4.13. The lowest BCUT2D eigenvalue weighted by Crippen LogP contribution is -2.26. The Balaban J connectivity index is 1.88. The molecule has 0 bridgehead atoms. The second kappa shape index (κ2) is 10.6. The van der Waals surface area contributed by atoms with Crippen molar-refractivity contribution in [2.45, 2.75) is 39.2 Å². The van der Waals surface area contributed by atoms with Gasteiger partial charge in [-0.2, -0.15) is 0 Å². The van der Waals surface area contributed by atoms with Crippen LogP contribution in [-0.4, -0.2) is 24.6 Å². The monoisotopic (exact) mass is 389 g/mol. The maximum atomic E-state index is 12.3. The van der Waals surface area contributed by atoms with Crippen LogP contribution < -0.4 is 10.1 Å². The molecule has 144 valence electrons. The summed E-state index contributed by atoms with van der Waals surface area (Å²) in [5, 5.41) is 3.22. The molecule has 0 aliphatic rings. The third-order valence-corrected chi connectivity index (χ3v) is 4.21. The summed E-state index contributed by atoms with van der Waals surface area (Å²) >= 11 is 6.04. The van der Waals surface area contributed by atoms with Crippen molar-refractivity contribution in [2.75, 3.05) is 11.9 Å². The lowest BCUT2D eigenvalue weighted by Gasteiger charge is -2.14. The van der Waals surface area contributed by atoms with E-state index in [0.29, 0.717) is 28.6 Å². The minimum absolute atomic E-state index is 0.280. The fourth-order valence-corrected chi connectivity index (χ4v) is 2.52. The molecular weight excluding hydrogens is 366 g/mol. The van der Waals surface area contributed by atoms with E-state index >= 15 is 0 Å². The molecule has 1 N–H and O–H groups in total. The van der Waals surface area contributed by atoms with Crippen LogP contribution in [0.4, 0.5) is 5.69 Å². The van der Waals surface area contributed by atoms with Crippen LogP contribution in [0.5, 0.6) is 5.75 Å². The van der Waals surface area contributed by atoms with Crippen molar-refractivity contribution in [2.24, 2.45) is 0 Å². The number of anilines is 1. The Morgan fingerprint density at radius 2 is 1.78 bits per heavy atom. The number of esters is 1. The topological polar surface area (TPSA) is 64.6 Å². The van der Waals surface area contributed by atoms with Crippen LogP contribution in [0.2, 0.25) is 5.02 Å². The van der Waals surface area contributed by atoms with Gasteiger partial charge in [0.25, 0.3) is 5.91 Å². The van der Waals surface area contributed by atoms with Gasteiger partial charge in [0.15, 0.2) is 6.10 Å². The Kier molecular flexibility index (Phi) is 8.14. The van der Waals surface area contributed by atoms with Crippen LogP contribution in [0.25, 0.3) is 0 Å². The first kappa shape index (κ1) is 20.8. The summed E-state index contributed by atoms with van der Waals surface area (Å²) < 4.78 is 10.8. The molecule has 5 nitrogen and oxygen atoms in total. The highest BCUT2D eigenvalue weighted by atomic mass is 35.5. The number of ether oxygens (including phenoxy) is 2. The minimum atomic E-state index is -0.713. The number of nitrogens with one attached hydrogen (secondary N) is 1. The van der Waals surface area contributed by atoms with Crippen molar-refractivity contribution in [3.8, 4) is 5.75 Å². The van der Waals surface area contributed by atoms with Crippen molar-refractivity contribution >= 4 is 29.2 Å². The van der Waals surface area contributed by atoms with Gasteiger partial charge in [-0.15, -0.1) is 0 Å². The fraction of sp³-hybridized carbons (Fsp3) is 0.333. The maximum Gasteiger partial charge on any atom is 0.347 e. The second-order valence-electron chi connectivity index (χ2n) is 6.09.